The number of ether oxygens (including phenoxy) is 1. The lowest BCUT2D eigenvalue weighted by Gasteiger charge is -2.25. The van der Waals surface area contributed by atoms with Crippen molar-refractivity contribution in [2.45, 2.75) is 25.6 Å². The predicted molar refractivity (Wildman–Crippen MR) is 69.2 cm³/mol. The minimum atomic E-state index is -0.725. The van der Waals surface area contributed by atoms with E-state index in [-0.39, 0.29) is 5.92 Å². The maximum absolute atomic E-state index is 13.7. The third-order valence-electron chi connectivity index (χ3n) is 4.14. The Bertz CT molecular complexity index is 468. The van der Waals surface area contributed by atoms with Gasteiger partial charge >= 0.3 is 0 Å². The Kier molecular flexibility index (Phi) is 2.77. The van der Waals surface area contributed by atoms with E-state index in [0.29, 0.717) is 12.6 Å². The fraction of sp³-hybridized carbons (Fsp3) is 0.467. The highest BCUT2D eigenvalue weighted by Gasteiger charge is 2.40. The third kappa shape index (κ3) is 1.69. The standard InChI is InChI=1S/C15H18FNO/c1-10-13(16)9-17-14(10)7-8-15(17)11-3-5-12(18-2)6-4-11/h3-7,10,13,15H,8-9H2,1-2H3/t10?,13-,15?/m0/s1. The van der Waals surface area contributed by atoms with Crippen molar-refractivity contribution in [3.05, 3.63) is 41.6 Å². The molecule has 1 aromatic rings. The lowest BCUT2D eigenvalue weighted by molar-refractivity contribution is 0.250. The van der Waals surface area contributed by atoms with E-state index in [1.54, 1.807) is 7.11 Å². The van der Waals surface area contributed by atoms with Crippen LogP contribution in [0.1, 0.15) is 24.9 Å². The van der Waals surface area contributed by atoms with Crippen molar-refractivity contribution in [2.75, 3.05) is 13.7 Å². The molecule has 1 saturated heterocycles. The second-order valence-corrected chi connectivity index (χ2v) is 5.11. The number of halogens is 1. The van der Waals surface area contributed by atoms with Crippen LogP contribution in [0.4, 0.5) is 4.39 Å². The summed E-state index contributed by atoms with van der Waals surface area (Å²) in [5, 5.41) is 0. The Morgan fingerprint density at radius 1 is 1.28 bits per heavy atom. The smallest absolute Gasteiger partial charge is 0.125 e. The fourth-order valence-corrected chi connectivity index (χ4v) is 3.01. The number of alkyl halides is 1. The highest BCUT2D eigenvalue weighted by Crippen LogP contribution is 2.43. The SMILES string of the molecule is COc1ccc(C2CC=C3C(C)[C@@H](F)CN32)cc1. The molecule has 96 valence electrons. The topological polar surface area (TPSA) is 12.5 Å². The van der Waals surface area contributed by atoms with Crippen molar-refractivity contribution < 1.29 is 9.13 Å². The van der Waals surface area contributed by atoms with Crippen LogP contribution in [0.2, 0.25) is 0 Å². The summed E-state index contributed by atoms with van der Waals surface area (Å²) < 4.78 is 18.9. The first kappa shape index (κ1) is 11.6. The summed E-state index contributed by atoms with van der Waals surface area (Å²) in [5.41, 5.74) is 2.42. The van der Waals surface area contributed by atoms with Gasteiger partial charge in [-0.25, -0.2) is 4.39 Å². The van der Waals surface area contributed by atoms with Gasteiger partial charge in [-0.1, -0.05) is 25.1 Å². The van der Waals surface area contributed by atoms with E-state index in [9.17, 15) is 4.39 Å². The van der Waals surface area contributed by atoms with E-state index in [1.165, 1.54) is 11.3 Å². The van der Waals surface area contributed by atoms with Crippen LogP contribution in [0.15, 0.2) is 36.0 Å². The van der Waals surface area contributed by atoms with E-state index in [4.69, 9.17) is 4.74 Å². The molecule has 0 aliphatic carbocycles. The lowest BCUT2D eigenvalue weighted by atomic mass is 10.0. The molecule has 0 saturated carbocycles. The molecular formula is C15H18FNO. The average molecular weight is 247 g/mol. The van der Waals surface area contributed by atoms with Gasteiger partial charge in [-0.3, -0.25) is 0 Å². The monoisotopic (exact) mass is 247 g/mol. The molecule has 3 rings (SSSR count). The summed E-state index contributed by atoms with van der Waals surface area (Å²) in [7, 11) is 1.67. The van der Waals surface area contributed by atoms with Crippen LogP contribution in [-0.2, 0) is 0 Å². The summed E-state index contributed by atoms with van der Waals surface area (Å²) in [6.45, 7) is 2.51. The van der Waals surface area contributed by atoms with Crippen molar-refractivity contribution >= 4 is 0 Å². The zero-order valence-corrected chi connectivity index (χ0v) is 10.8. The molecule has 0 radical (unpaired) electrons. The zero-order chi connectivity index (χ0) is 12.7. The molecule has 0 spiro atoms. The van der Waals surface area contributed by atoms with Gasteiger partial charge in [0, 0.05) is 11.6 Å². The van der Waals surface area contributed by atoms with Gasteiger partial charge in [0.25, 0.3) is 0 Å². The first-order valence-corrected chi connectivity index (χ1v) is 6.45. The van der Waals surface area contributed by atoms with Crippen LogP contribution in [0.5, 0.6) is 5.75 Å². The van der Waals surface area contributed by atoms with Gasteiger partial charge in [-0.2, -0.15) is 0 Å². The van der Waals surface area contributed by atoms with E-state index >= 15 is 0 Å². The van der Waals surface area contributed by atoms with Crippen LogP contribution >= 0.6 is 0 Å². The second kappa shape index (κ2) is 4.30. The lowest BCUT2D eigenvalue weighted by Crippen LogP contribution is -2.21. The molecule has 2 aliphatic heterocycles. The quantitative estimate of drug-likeness (QED) is 0.795. The molecular weight excluding hydrogens is 229 g/mol. The molecule has 2 nitrogen and oxygen atoms in total. The number of hydrogen-bond acceptors (Lipinski definition) is 2. The molecule has 3 atom stereocenters. The maximum Gasteiger partial charge on any atom is 0.125 e. The predicted octanol–water partition coefficient (Wildman–Crippen LogP) is 3.31. The number of methoxy groups -OCH3 is 1. The summed E-state index contributed by atoms with van der Waals surface area (Å²) in [4.78, 5) is 2.22. The van der Waals surface area contributed by atoms with Crippen LogP contribution < -0.4 is 4.74 Å². The normalized spacial score (nSPS) is 30.3. The van der Waals surface area contributed by atoms with E-state index in [1.807, 2.05) is 19.1 Å². The van der Waals surface area contributed by atoms with Gasteiger partial charge in [0.2, 0.25) is 0 Å². The molecule has 2 heterocycles. The third-order valence-corrected chi connectivity index (χ3v) is 4.14. The molecule has 1 fully saturated rings. The average Bonchev–Trinajstić information content (AvgIpc) is 2.92. The molecule has 0 N–H and O–H groups in total. The molecule has 0 amide bonds. The summed E-state index contributed by atoms with van der Waals surface area (Å²) >= 11 is 0. The van der Waals surface area contributed by atoms with Crippen molar-refractivity contribution in [3.8, 4) is 5.75 Å². The Balaban J connectivity index is 1.83. The molecule has 0 aromatic heterocycles. The van der Waals surface area contributed by atoms with Gasteiger partial charge in [-0.15, -0.1) is 0 Å². The first-order valence-electron chi connectivity index (χ1n) is 6.45. The number of hydrogen-bond donors (Lipinski definition) is 0. The van der Waals surface area contributed by atoms with Crippen molar-refractivity contribution in [1.82, 2.24) is 4.90 Å². The Labute approximate surface area is 107 Å². The summed E-state index contributed by atoms with van der Waals surface area (Å²) in [6.07, 6.45) is 2.45. The second-order valence-electron chi connectivity index (χ2n) is 5.11. The van der Waals surface area contributed by atoms with E-state index in [2.05, 4.69) is 23.1 Å². The van der Waals surface area contributed by atoms with Gasteiger partial charge < -0.3 is 9.64 Å². The highest BCUT2D eigenvalue weighted by atomic mass is 19.1. The molecule has 2 aliphatic rings. The molecule has 3 heteroatoms. The number of nitrogens with zero attached hydrogens (tertiary/aromatic N) is 1. The maximum atomic E-state index is 13.7. The van der Waals surface area contributed by atoms with Crippen LogP contribution in [-0.4, -0.2) is 24.7 Å². The first-order chi connectivity index (χ1) is 8.70. The molecule has 1 aromatic carbocycles. The highest BCUT2D eigenvalue weighted by molar-refractivity contribution is 5.33. The zero-order valence-electron chi connectivity index (χ0n) is 10.8. The minimum absolute atomic E-state index is 0.0493. The van der Waals surface area contributed by atoms with Crippen LogP contribution in [0.25, 0.3) is 0 Å². The Morgan fingerprint density at radius 3 is 2.67 bits per heavy atom. The van der Waals surface area contributed by atoms with Crippen molar-refractivity contribution in [3.63, 3.8) is 0 Å². The largest absolute Gasteiger partial charge is 0.497 e. The molecule has 0 bridgehead atoms. The molecule has 2 unspecified atom stereocenters. The summed E-state index contributed by atoms with van der Waals surface area (Å²) in [6, 6.07) is 8.40. The van der Waals surface area contributed by atoms with E-state index in [0.717, 1.165) is 12.2 Å². The van der Waals surface area contributed by atoms with Crippen LogP contribution in [0, 0.1) is 5.92 Å². The Hall–Kier alpha value is -1.51. The number of fused-ring (bicyclic) bond motifs is 1. The van der Waals surface area contributed by atoms with Crippen molar-refractivity contribution in [2.24, 2.45) is 5.92 Å². The van der Waals surface area contributed by atoms with Crippen molar-refractivity contribution in [1.29, 1.82) is 0 Å². The minimum Gasteiger partial charge on any atom is -0.497 e. The summed E-state index contributed by atoms with van der Waals surface area (Å²) in [5.74, 6) is 0.913. The number of rotatable bonds is 2. The van der Waals surface area contributed by atoms with E-state index < -0.39 is 6.17 Å². The van der Waals surface area contributed by atoms with Crippen LogP contribution in [0.3, 0.4) is 0 Å². The van der Waals surface area contributed by atoms with Gasteiger partial charge in [0.05, 0.1) is 19.7 Å². The fourth-order valence-electron chi connectivity index (χ4n) is 3.01. The van der Waals surface area contributed by atoms with Gasteiger partial charge in [0.15, 0.2) is 0 Å². The van der Waals surface area contributed by atoms with Gasteiger partial charge in [-0.05, 0) is 24.1 Å². The molecule has 18 heavy (non-hydrogen) atoms. The number of allylic oxidation sites excluding steroid dienone is 1. The van der Waals surface area contributed by atoms with Gasteiger partial charge in [0.1, 0.15) is 11.9 Å². The Morgan fingerprint density at radius 2 is 2.00 bits per heavy atom. The number of benzene rings is 1.